The van der Waals surface area contributed by atoms with Crippen molar-refractivity contribution in [3.63, 3.8) is 0 Å². The van der Waals surface area contributed by atoms with Crippen molar-refractivity contribution in [3.05, 3.63) is 60.0 Å². The number of hydrogen-bond acceptors (Lipinski definition) is 4. The Balaban J connectivity index is 1.59. The van der Waals surface area contributed by atoms with Gasteiger partial charge in [0.1, 0.15) is 5.75 Å². The van der Waals surface area contributed by atoms with E-state index in [0.717, 1.165) is 17.0 Å². The Morgan fingerprint density at radius 2 is 1.88 bits per heavy atom. The molecule has 0 radical (unpaired) electrons. The SMILES string of the molecule is CC(C)(C)c1ccccc1OCC(=O)NCc1nnc2ccccn12. The molecule has 0 aliphatic heterocycles. The van der Waals surface area contributed by atoms with Crippen LogP contribution >= 0.6 is 0 Å². The molecule has 0 saturated carbocycles. The maximum Gasteiger partial charge on any atom is 0.258 e. The second-order valence-electron chi connectivity index (χ2n) is 6.86. The van der Waals surface area contributed by atoms with Gasteiger partial charge in [-0.3, -0.25) is 9.20 Å². The quantitative estimate of drug-likeness (QED) is 0.777. The van der Waals surface area contributed by atoms with E-state index < -0.39 is 0 Å². The van der Waals surface area contributed by atoms with Gasteiger partial charge in [0.25, 0.3) is 5.91 Å². The largest absolute Gasteiger partial charge is 0.483 e. The average Bonchev–Trinajstić information content (AvgIpc) is 3.01. The summed E-state index contributed by atoms with van der Waals surface area (Å²) in [5.41, 5.74) is 1.78. The van der Waals surface area contributed by atoms with Crippen molar-refractivity contribution in [1.82, 2.24) is 19.9 Å². The van der Waals surface area contributed by atoms with Gasteiger partial charge >= 0.3 is 0 Å². The molecular weight excluding hydrogens is 316 g/mol. The smallest absolute Gasteiger partial charge is 0.258 e. The molecule has 0 bridgehead atoms. The van der Waals surface area contributed by atoms with E-state index in [1.54, 1.807) is 0 Å². The standard InChI is InChI=1S/C19H22N4O2/c1-19(2,3)14-8-4-5-9-15(14)25-13-18(24)20-12-17-22-21-16-10-6-7-11-23(16)17/h4-11H,12-13H2,1-3H3,(H,20,24). The summed E-state index contributed by atoms with van der Waals surface area (Å²) >= 11 is 0. The minimum atomic E-state index is -0.198. The molecule has 2 aromatic heterocycles. The lowest BCUT2D eigenvalue weighted by atomic mass is 9.86. The molecule has 2 heterocycles. The number of rotatable bonds is 5. The fourth-order valence-corrected chi connectivity index (χ4v) is 2.60. The van der Waals surface area contributed by atoms with Gasteiger partial charge in [-0.15, -0.1) is 10.2 Å². The summed E-state index contributed by atoms with van der Waals surface area (Å²) in [5, 5.41) is 11.0. The minimum absolute atomic E-state index is 0.0379. The molecule has 0 atom stereocenters. The topological polar surface area (TPSA) is 68.5 Å². The van der Waals surface area contributed by atoms with E-state index in [-0.39, 0.29) is 17.9 Å². The molecule has 0 unspecified atom stereocenters. The molecule has 0 saturated heterocycles. The molecule has 3 rings (SSSR count). The summed E-state index contributed by atoms with van der Waals surface area (Å²) in [6.07, 6.45) is 1.87. The zero-order valence-electron chi connectivity index (χ0n) is 14.7. The van der Waals surface area contributed by atoms with Gasteiger partial charge in [0.2, 0.25) is 0 Å². The first kappa shape index (κ1) is 17.0. The van der Waals surface area contributed by atoms with E-state index in [0.29, 0.717) is 12.4 Å². The highest BCUT2D eigenvalue weighted by molar-refractivity contribution is 5.77. The lowest BCUT2D eigenvalue weighted by Crippen LogP contribution is -2.29. The fourth-order valence-electron chi connectivity index (χ4n) is 2.60. The van der Waals surface area contributed by atoms with Crippen LogP contribution in [0.2, 0.25) is 0 Å². The summed E-state index contributed by atoms with van der Waals surface area (Å²) in [4.78, 5) is 12.1. The van der Waals surface area contributed by atoms with Crippen molar-refractivity contribution in [3.8, 4) is 5.75 Å². The van der Waals surface area contributed by atoms with E-state index in [9.17, 15) is 4.79 Å². The molecule has 1 N–H and O–H groups in total. The number of aromatic nitrogens is 3. The van der Waals surface area contributed by atoms with Crippen LogP contribution in [0.5, 0.6) is 5.75 Å². The van der Waals surface area contributed by atoms with Crippen molar-refractivity contribution < 1.29 is 9.53 Å². The molecular formula is C19H22N4O2. The molecule has 0 spiro atoms. The molecule has 0 fully saturated rings. The maximum atomic E-state index is 12.1. The summed E-state index contributed by atoms with van der Waals surface area (Å²) < 4.78 is 7.57. The van der Waals surface area contributed by atoms with E-state index >= 15 is 0 Å². The molecule has 0 aliphatic rings. The molecule has 0 aliphatic carbocycles. The number of para-hydroxylation sites is 1. The molecule has 6 heteroatoms. The molecule has 130 valence electrons. The number of nitrogens with zero attached hydrogens (tertiary/aromatic N) is 3. The van der Waals surface area contributed by atoms with Crippen molar-refractivity contribution in [2.45, 2.75) is 32.7 Å². The number of benzene rings is 1. The van der Waals surface area contributed by atoms with Crippen LogP contribution in [0.1, 0.15) is 32.2 Å². The van der Waals surface area contributed by atoms with Crippen molar-refractivity contribution in [2.24, 2.45) is 0 Å². The number of pyridine rings is 1. The number of hydrogen-bond donors (Lipinski definition) is 1. The number of carbonyl (C=O) groups excluding carboxylic acids is 1. The van der Waals surface area contributed by atoms with Crippen LogP contribution in [0.25, 0.3) is 5.65 Å². The third-order valence-corrected chi connectivity index (χ3v) is 3.88. The van der Waals surface area contributed by atoms with Crippen LogP contribution in [0.4, 0.5) is 0 Å². The van der Waals surface area contributed by atoms with Crippen LogP contribution in [-0.2, 0) is 16.8 Å². The van der Waals surface area contributed by atoms with Crippen LogP contribution in [0.15, 0.2) is 48.7 Å². The second kappa shape index (κ2) is 6.93. The fraction of sp³-hybridized carbons (Fsp3) is 0.316. The van der Waals surface area contributed by atoms with Crippen molar-refractivity contribution in [2.75, 3.05) is 6.61 Å². The predicted octanol–water partition coefficient (Wildman–Crippen LogP) is 2.72. The van der Waals surface area contributed by atoms with Gasteiger partial charge < -0.3 is 10.1 Å². The number of amides is 1. The first-order valence-electron chi connectivity index (χ1n) is 8.23. The van der Waals surface area contributed by atoms with Gasteiger partial charge in [-0.1, -0.05) is 45.0 Å². The van der Waals surface area contributed by atoms with E-state index in [4.69, 9.17) is 4.74 Å². The van der Waals surface area contributed by atoms with E-state index in [2.05, 4.69) is 36.3 Å². The van der Waals surface area contributed by atoms with E-state index in [1.165, 1.54) is 0 Å². The number of fused-ring (bicyclic) bond motifs is 1. The number of carbonyl (C=O) groups is 1. The third kappa shape index (κ3) is 3.96. The molecule has 25 heavy (non-hydrogen) atoms. The lowest BCUT2D eigenvalue weighted by Gasteiger charge is -2.22. The van der Waals surface area contributed by atoms with Gasteiger partial charge in [-0.05, 0) is 29.2 Å². The highest BCUT2D eigenvalue weighted by atomic mass is 16.5. The van der Waals surface area contributed by atoms with Crippen LogP contribution in [-0.4, -0.2) is 27.1 Å². The Kier molecular flexibility index (Phi) is 4.70. The maximum absolute atomic E-state index is 12.1. The summed E-state index contributed by atoms with van der Waals surface area (Å²) in [6.45, 7) is 6.61. The Morgan fingerprint density at radius 1 is 1.12 bits per heavy atom. The lowest BCUT2D eigenvalue weighted by molar-refractivity contribution is -0.123. The molecule has 1 aromatic carbocycles. The van der Waals surface area contributed by atoms with Gasteiger partial charge in [-0.25, -0.2) is 0 Å². The van der Waals surface area contributed by atoms with Crippen molar-refractivity contribution in [1.29, 1.82) is 0 Å². The van der Waals surface area contributed by atoms with Crippen LogP contribution in [0, 0.1) is 0 Å². The van der Waals surface area contributed by atoms with E-state index in [1.807, 2.05) is 53.1 Å². The predicted molar refractivity (Wildman–Crippen MR) is 95.5 cm³/mol. The van der Waals surface area contributed by atoms with Gasteiger partial charge in [0, 0.05) is 6.20 Å². The van der Waals surface area contributed by atoms with Gasteiger partial charge in [0.15, 0.2) is 18.1 Å². The Bertz CT molecular complexity index is 880. The minimum Gasteiger partial charge on any atom is -0.483 e. The Labute approximate surface area is 146 Å². The van der Waals surface area contributed by atoms with Crippen molar-refractivity contribution >= 4 is 11.6 Å². The average molecular weight is 338 g/mol. The highest BCUT2D eigenvalue weighted by Crippen LogP contribution is 2.30. The third-order valence-electron chi connectivity index (χ3n) is 3.88. The normalized spacial score (nSPS) is 11.5. The second-order valence-corrected chi connectivity index (χ2v) is 6.86. The highest BCUT2D eigenvalue weighted by Gasteiger charge is 2.19. The monoisotopic (exact) mass is 338 g/mol. The summed E-state index contributed by atoms with van der Waals surface area (Å²) in [7, 11) is 0. The zero-order chi connectivity index (χ0) is 17.9. The zero-order valence-corrected chi connectivity index (χ0v) is 14.7. The van der Waals surface area contributed by atoms with Crippen LogP contribution in [0.3, 0.4) is 0 Å². The summed E-state index contributed by atoms with van der Waals surface area (Å²) in [5.74, 6) is 1.22. The molecule has 3 aromatic rings. The number of nitrogens with one attached hydrogen (secondary N) is 1. The Hall–Kier alpha value is -2.89. The Morgan fingerprint density at radius 3 is 2.68 bits per heavy atom. The van der Waals surface area contributed by atoms with Crippen LogP contribution < -0.4 is 10.1 Å². The van der Waals surface area contributed by atoms with Gasteiger partial charge in [0.05, 0.1) is 6.54 Å². The summed E-state index contributed by atoms with van der Waals surface area (Å²) in [6, 6.07) is 13.5. The first-order chi connectivity index (χ1) is 11.9. The number of ether oxygens (including phenoxy) is 1. The first-order valence-corrected chi connectivity index (χ1v) is 8.23. The van der Waals surface area contributed by atoms with Gasteiger partial charge in [-0.2, -0.15) is 0 Å². The molecule has 6 nitrogen and oxygen atoms in total. The molecule has 1 amide bonds.